The Kier molecular flexibility index (Phi) is 4.07. The fourth-order valence-electron chi connectivity index (χ4n) is 2.57. The number of aromatic nitrogens is 2. The second-order valence-electron chi connectivity index (χ2n) is 4.96. The van der Waals surface area contributed by atoms with Gasteiger partial charge in [-0.25, -0.2) is 0 Å². The van der Waals surface area contributed by atoms with Crippen LogP contribution in [0.3, 0.4) is 0 Å². The molecule has 0 fully saturated rings. The average molecular weight is 262 g/mol. The van der Waals surface area contributed by atoms with Crippen LogP contribution >= 0.6 is 0 Å². The van der Waals surface area contributed by atoms with Crippen molar-refractivity contribution < 1.29 is 4.42 Å². The topological polar surface area (TPSA) is 69.0 Å². The lowest BCUT2D eigenvalue weighted by atomic mass is 9.98. The van der Waals surface area contributed by atoms with E-state index in [1.54, 1.807) is 0 Å². The molecule has 5 heteroatoms. The van der Waals surface area contributed by atoms with Crippen LogP contribution in [0.4, 0.5) is 0 Å². The van der Waals surface area contributed by atoms with Crippen molar-refractivity contribution in [3.05, 3.63) is 40.6 Å². The minimum Gasteiger partial charge on any atom is -0.466 e. The molecule has 0 aliphatic carbocycles. The molecule has 0 radical (unpaired) electrons. The number of hydrogen-bond donors (Lipinski definition) is 2. The van der Waals surface area contributed by atoms with E-state index in [0.29, 0.717) is 0 Å². The second kappa shape index (κ2) is 5.59. The first-order valence-electron chi connectivity index (χ1n) is 6.54. The molecule has 2 aromatic heterocycles. The summed E-state index contributed by atoms with van der Waals surface area (Å²) in [4.78, 5) is 0. The van der Waals surface area contributed by atoms with E-state index in [1.165, 1.54) is 16.8 Å². The first kappa shape index (κ1) is 13.8. The van der Waals surface area contributed by atoms with Crippen molar-refractivity contribution in [1.82, 2.24) is 15.2 Å². The number of nitrogens with one attached hydrogen (secondary N) is 1. The molecular formula is C14H22N4O. The summed E-state index contributed by atoms with van der Waals surface area (Å²) in [6, 6.07) is 2.14. The molecule has 1 atom stereocenters. The Hall–Kier alpha value is -1.59. The van der Waals surface area contributed by atoms with Gasteiger partial charge >= 0.3 is 0 Å². The summed E-state index contributed by atoms with van der Waals surface area (Å²) in [5.41, 5.74) is 6.48. The van der Waals surface area contributed by atoms with E-state index >= 15 is 0 Å². The lowest BCUT2D eigenvalue weighted by molar-refractivity contribution is 0.471. The fraction of sp³-hybridized carbons (Fsp3) is 0.500. The lowest BCUT2D eigenvalue weighted by Gasteiger charge is -2.16. The van der Waals surface area contributed by atoms with Crippen LogP contribution in [0, 0.1) is 20.8 Å². The maximum Gasteiger partial charge on any atom is 0.106 e. The van der Waals surface area contributed by atoms with Crippen molar-refractivity contribution in [2.45, 2.75) is 39.7 Å². The predicted octanol–water partition coefficient (Wildman–Crippen LogP) is 2.08. The maximum atomic E-state index is 5.72. The summed E-state index contributed by atoms with van der Waals surface area (Å²) in [5, 5.41) is 4.18. The molecule has 5 nitrogen and oxygen atoms in total. The summed E-state index contributed by atoms with van der Waals surface area (Å²) in [6.45, 7) is 6.06. The largest absolute Gasteiger partial charge is 0.466 e. The van der Waals surface area contributed by atoms with E-state index in [-0.39, 0.29) is 6.04 Å². The Morgan fingerprint density at radius 2 is 2.11 bits per heavy atom. The highest BCUT2D eigenvalue weighted by molar-refractivity contribution is 5.34. The number of furan rings is 1. The summed E-state index contributed by atoms with van der Waals surface area (Å²) in [5.74, 6) is 7.63. The van der Waals surface area contributed by atoms with Gasteiger partial charge in [0.2, 0.25) is 0 Å². The molecule has 104 valence electrons. The highest BCUT2D eigenvalue weighted by Crippen LogP contribution is 2.29. The third-order valence-electron chi connectivity index (χ3n) is 3.78. The monoisotopic (exact) mass is 262 g/mol. The van der Waals surface area contributed by atoms with Gasteiger partial charge in [-0.15, -0.1) is 0 Å². The number of nitrogens with two attached hydrogens (primary N) is 1. The van der Waals surface area contributed by atoms with Crippen LogP contribution in [0.25, 0.3) is 0 Å². The third-order valence-corrected chi connectivity index (χ3v) is 3.78. The number of nitrogens with zero attached hydrogens (tertiary/aromatic N) is 2. The van der Waals surface area contributed by atoms with Gasteiger partial charge in [0.05, 0.1) is 6.04 Å². The highest BCUT2D eigenvalue weighted by Gasteiger charge is 2.20. The smallest absolute Gasteiger partial charge is 0.106 e. The quantitative estimate of drug-likeness (QED) is 0.639. The second-order valence-corrected chi connectivity index (χ2v) is 4.96. The van der Waals surface area contributed by atoms with Crippen LogP contribution in [0.2, 0.25) is 0 Å². The molecule has 0 bridgehead atoms. The van der Waals surface area contributed by atoms with Crippen LogP contribution in [0.5, 0.6) is 0 Å². The minimum atomic E-state index is 0.104. The molecule has 0 aromatic carbocycles. The van der Waals surface area contributed by atoms with Gasteiger partial charge in [-0.2, -0.15) is 5.10 Å². The Bertz CT molecular complexity index is 556. The van der Waals surface area contributed by atoms with Gasteiger partial charge in [0.15, 0.2) is 0 Å². The van der Waals surface area contributed by atoms with Gasteiger partial charge in [0.25, 0.3) is 0 Å². The molecule has 0 aliphatic heterocycles. The van der Waals surface area contributed by atoms with Crippen LogP contribution in [0.1, 0.15) is 40.8 Å². The van der Waals surface area contributed by atoms with Crippen molar-refractivity contribution in [2.24, 2.45) is 12.9 Å². The van der Waals surface area contributed by atoms with Crippen LogP contribution in [-0.2, 0) is 13.5 Å². The first-order chi connectivity index (χ1) is 9.04. The molecule has 0 saturated carbocycles. The fourth-order valence-corrected chi connectivity index (χ4v) is 2.57. The van der Waals surface area contributed by atoms with E-state index in [4.69, 9.17) is 10.3 Å². The zero-order valence-corrected chi connectivity index (χ0v) is 12.0. The normalized spacial score (nSPS) is 12.9. The molecule has 19 heavy (non-hydrogen) atoms. The molecular weight excluding hydrogens is 240 g/mol. The number of hydrogen-bond acceptors (Lipinski definition) is 4. The third kappa shape index (κ3) is 2.72. The van der Waals surface area contributed by atoms with Gasteiger partial charge in [-0.1, -0.05) is 0 Å². The average Bonchev–Trinajstić information content (AvgIpc) is 2.88. The van der Waals surface area contributed by atoms with E-state index < -0.39 is 0 Å². The van der Waals surface area contributed by atoms with Crippen LogP contribution in [-0.4, -0.2) is 9.78 Å². The molecule has 0 aliphatic rings. The van der Waals surface area contributed by atoms with Crippen molar-refractivity contribution >= 4 is 0 Å². The highest BCUT2D eigenvalue weighted by atomic mass is 16.3. The lowest BCUT2D eigenvalue weighted by Crippen LogP contribution is -2.29. The standard InChI is InChI=1S/C14H22N4O/c1-9-10(2)19-11(3)14(9)13(17-15)6-5-12-7-8-16-18(12)4/h7-8,13,17H,5-6,15H2,1-4H3. The Morgan fingerprint density at radius 1 is 1.37 bits per heavy atom. The zero-order chi connectivity index (χ0) is 14.0. The van der Waals surface area contributed by atoms with Gasteiger partial charge < -0.3 is 4.42 Å². The minimum absolute atomic E-state index is 0.104. The van der Waals surface area contributed by atoms with Gasteiger partial charge in [-0.05, 0) is 45.2 Å². The molecule has 0 amide bonds. The molecule has 2 rings (SSSR count). The van der Waals surface area contributed by atoms with Crippen LogP contribution in [0.15, 0.2) is 16.7 Å². The van der Waals surface area contributed by atoms with E-state index in [1.807, 2.05) is 37.8 Å². The van der Waals surface area contributed by atoms with Crippen molar-refractivity contribution in [1.29, 1.82) is 0 Å². The summed E-state index contributed by atoms with van der Waals surface area (Å²) < 4.78 is 7.57. The maximum absolute atomic E-state index is 5.72. The zero-order valence-electron chi connectivity index (χ0n) is 12.0. The molecule has 2 aromatic rings. The van der Waals surface area contributed by atoms with Gasteiger partial charge in [0.1, 0.15) is 11.5 Å². The van der Waals surface area contributed by atoms with Gasteiger partial charge in [-0.3, -0.25) is 16.0 Å². The van der Waals surface area contributed by atoms with Gasteiger partial charge in [0, 0.05) is 24.5 Å². The van der Waals surface area contributed by atoms with Crippen molar-refractivity contribution in [3.63, 3.8) is 0 Å². The predicted molar refractivity (Wildman–Crippen MR) is 74.5 cm³/mol. The SMILES string of the molecule is Cc1oc(C)c(C(CCc2ccnn2C)NN)c1C. The van der Waals surface area contributed by atoms with Crippen molar-refractivity contribution in [3.8, 4) is 0 Å². The first-order valence-corrected chi connectivity index (χ1v) is 6.54. The molecule has 1 unspecified atom stereocenters. The van der Waals surface area contributed by atoms with Crippen LogP contribution < -0.4 is 11.3 Å². The van der Waals surface area contributed by atoms with E-state index in [9.17, 15) is 0 Å². The van der Waals surface area contributed by atoms with E-state index in [0.717, 1.165) is 24.4 Å². The number of aryl methyl sites for hydroxylation is 4. The molecule has 3 N–H and O–H groups in total. The van der Waals surface area contributed by atoms with E-state index in [2.05, 4.69) is 17.4 Å². The summed E-state index contributed by atoms with van der Waals surface area (Å²) in [7, 11) is 1.96. The molecule has 0 spiro atoms. The Labute approximate surface area is 113 Å². The number of rotatable bonds is 5. The Morgan fingerprint density at radius 3 is 2.58 bits per heavy atom. The molecule has 2 heterocycles. The van der Waals surface area contributed by atoms with Crippen molar-refractivity contribution in [2.75, 3.05) is 0 Å². The molecule has 0 saturated heterocycles. The number of hydrazine groups is 1. The summed E-state index contributed by atoms with van der Waals surface area (Å²) in [6.07, 6.45) is 3.66. The Balaban J connectivity index is 2.14. The summed E-state index contributed by atoms with van der Waals surface area (Å²) >= 11 is 0.